The van der Waals surface area contributed by atoms with Crippen molar-refractivity contribution in [2.45, 2.75) is 67.4 Å². The summed E-state index contributed by atoms with van der Waals surface area (Å²) in [6.45, 7) is -8.87. The zero-order valence-electron chi connectivity index (χ0n) is 25.1. The van der Waals surface area contributed by atoms with Gasteiger partial charge in [-0.25, -0.2) is 8.78 Å². The first-order chi connectivity index (χ1) is 23.0. The van der Waals surface area contributed by atoms with Crippen molar-refractivity contribution in [1.29, 1.82) is 0 Å². The minimum atomic E-state index is -7.08. The number of hydrogen-bond donors (Lipinski definition) is 0. The van der Waals surface area contributed by atoms with Gasteiger partial charge in [0.1, 0.15) is 26.4 Å². The summed E-state index contributed by atoms with van der Waals surface area (Å²) < 4.78 is 300. The van der Waals surface area contributed by atoms with E-state index in [2.05, 4.69) is 28.4 Å². The van der Waals surface area contributed by atoms with Crippen LogP contribution in [-0.4, -0.2) is 125 Å². The topological polar surface area (TPSA) is 141 Å². The second-order valence-electron chi connectivity index (χ2n) is 8.67. The summed E-state index contributed by atoms with van der Waals surface area (Å²) in [7, 11) is -3.11. The molecule has 2 atom stereocenters. The van der Waals surface area contributed by atoms with E-state index in [4.69, 9.17) is 12.6 Å². The summed E-state index contributed by atoms with van der Waals surface area (Å²) in [5.41, 5.74) is 0. The number of halogens is 20. The van der Waals surface area contributed by atoms with Crippen LogP contribution in [0.2, 0.25) is 0 Å². The quantitative estimate of drug-likeness (QED) is 0.0552. The Labute approximate surface area is 303 Å². The molecule has 0 heterocycles. The van der Waals surface area contributed by atoms with E-state index in [1.807, 2.05) is 0 Å². The van der Waals surface area contributed by atoms with Gasteiger partial charge >= 0.3 is 88.4 Å². The van der Waals surface area contributed by atoms with Crippen LogP contribution in [0.1, 0.15) is 6.42 Å². The van der Waals surface area contributed by atoms with Crippen molar-refractivity contribution < 1.29 is 168 Å². The molecule has 0 rings (SSSR count). The Morgan fingerprint density at radius 3 is 1.15 bits per heavy atom. The Hall–Kier alpha value is -2.13. The Kier molecular flexibility index (Phi) is 22.1. The molecule has 0 fully saturated rings. The second-order valence-corrected chi connectivity index (χ2v) is 9.08. The van der Waals surface area contributed by atoms with Crippen molar-refractivity contribution in [1.82, 2.24) is 0 Å². The van der Waals surface area contributed by atoms with Crippen LogP contribution < -0.4 is 29.6 Å². The predicted molar refractivity (Wildman–Crippen MR) is 116 cm³/mol. The van der Waals surface area contributed by atoms with Gasteiger partial charge in [-0.3, -0.25) is 25.5 Å². The zero-order valence-corrected chi connectivity index (χ0v) is 28.0. The number of carbonyl (C=O) groups excluding carboxylic acids is 2. The summed E-state index contributed by atoms with van der Waals surface area (Å²) in [6, 6.07) is 0. The third-order valence-corrected chi connectivity index (χ3v) is 4.60. The molecule has 0 N–H and O–H groups in total. The van der Waals surface area contributed by atoms with Crippen molar-refractivity contribution in [3.8, 4) is 0 Å². The van der Waals surface area contributed by atoms with E-state index in [-0.39, 0.29) is 29.6 Å². The van der Waals surface area contributed by atoms with Gasteiger partial charge in [0.05, 0.1) is 13.2 Å². The molecule has 53 heavy (non-hydrogen) atoms. The Morgan fingerprint density at radius 1 is 0.547 bits per heavy atom. The molecule has 0 spiro atoms. The average molecular weight is 868 g/mol. The molecule has 0 bridgehead atoms. The normalized spacial score (nSPS) is 14.6. The number of rotatable bonds is 21. The molecule has 0 amide bonds. The molecular weight excluding hydrogens is 851 g/mol. The average Bonchev–Trinajstić information content (AvgIpc) is 2.93. The van der Waals surface area contributed by atoms with Crippen LogP contribution in [0, 0.1) is 6.42 Å². The molecule has 11 nitrogen and oxygen atoms in total. The first kappa shape index (κ1) is 55.2. The molecule has 2 unspecified atom stereocenters. The Balaban J connectivity index is -0.00000473. The maximum absolute atomic E-state index is 13.4. The van der Waals surface area contributed by atoms with Crippen molar-refractivity contribution in [2.75, 3.05) is 39.6 Å². The first-order valence-corrected chi connectivity index (χ1v) is 13.1. The van der Waals surface area contributed by atoms with Gasteiger partial charge in [0.15, 0.2) is 5.97 Å². The number of ether oxygens (including phenoxy) is 6. The molecule has 0 radical (unpaired) electrons. The minimum absolute atomic E-state index is 0. The van der Waals surface area contributed by atoms with E-state index in [0.717, 1.165) is 0 Å². The van der Waals surface area contributed by atoms with Crippen molar-refractivity contribution in [2.24, 2.45) is 0 Å². The van der Waals surface area contributed by atoms with Crippen LogP contribution >= 0.6 is 0 Å². The van der Waals surface area contributed by atoms with Crippen LogP contribution in [0.15, 0.2) is 0 Å². The number of alkyl halides is 20. The summed E-state index contributed by atoms with van der Waals surface area (Å²) >= 11 is 0. The Bertz CT molecular complexity index is 1160. The standard InChI is InChI=1S/C20H17F20O8.Na.O3S/c21-11(47-19(37,38)15(27,28)17(31,32)33)13(23,24)7-43-3-5-45-9(41)1-2-10(42)46-6-4-44-8-14(25,26)12(22)48-20(39,40)16(29,30)18(34,35)36;;1-4(2)3/h1,11-12H,2-8H2;;/q-1;+1;. The smallest absolute Gasteiger partial charge is 0.486 e. The Morgan fingerprint density at radius 2 is 0.849 bits per heavy atom. The van der Waals surface area contributed by atoms with Crippen molar-refractivity contribution in [3.05, 3.63) is 6.42 Å². The van der Waals surface area contributed by atoms with Gasteiger partial charge in [0.2, 0.25) is 0 Å². The largest absolute Gasteiger partial charge is 1.00 e. The van der Waals surface area contributed by atoms with Gasteiger partial charge in [-0.2, -0.15) is 79.0 Å². The summed E-state index contributed by atoms with van der Waals surface area (Å²) in [5, 5.41) is 0. The molecule has 0 aliphatic heterocycles. The SMILES string of the molecule is O=C([CH-]CC(=O)OCCOCC(F)(F)C(F)OC(F)(F)C(F)(F)C(F)(F)F)OCCOCC(F)(F)C(F)OC(F)(F)C(F)(F)C(F)(F)F.O=S(=O)=O.[Na+]. The van der Waals surface area contributed by atoms with Crippen LogP contribution in [0.3, 0.4) is 0 Å². The van der Waals surface area contributed by atoms with E-state index in [1.54, 1.807) is 0 Å². The number of hydrogen-bond acceptors (Lipinski definition) is 11. The first-order valence-electron chi connectivity index (χ1n) is 12.1. The molecule has 0 aliphatic carbocycles. The number of carbonyl (C=O) groups is 2. The van der Waals surface area contributed by atoms with Gasteiger partial charge in [0, 0.05) is 0 Å². The molecule has 0 aromatic carbocycles. The van der Waals surface area contributed by atoms with E-state index in [1.165, 1.54) is 0 Å². The maximum atomic E-state index is 13.4. The predicted octanol–water partition coefficient (Wildman–Crippen LogP) is 2.18. The summed E-state index contributed by atoms with van der Waals surface area (Å²) in [6.07, 6.45) is -37.8. The van der Waals surface area contributed by atoms with Gasteiger partial charge in [-0.15, -0.1) is 12.6 Å². The molecular formula is C20H17F20NaO11S. The van der Waals surface area contributed by atoms with Gasteiger partial charge in [-0.1, -0.05) is 6.42 Å². The fourth-order valence-electron chi connectivity index (χ4n) is 2.16. The molecule has 310 valence electrons. The minimum Gasteiger partial charge on any atom is -0.486 e. The molecule has 0 aromatic heterocycles. The second kappa shape index (κ2) is 21.2. The molecule has 0 saturated carbocycles. The zero-order chi connectivity index (χ0) is 41.8. The van der Waals surface area contributed by atoms with E-state index in [9.17, 15) is 97.4 Å². The fraction of sp³-hybridized carbons (Fsp3) is 0.850. The van der Waals surface area contributed by atoms with Crippen LogP contribution in [0.4, 0.5) is 87.8 Å². The summed E-state index contributed by atoms with van der Waals surface area (Å²) in [4.78, 5) is 22.8. The molecule has 0 aromatic rings. The van der Waals surface area contributed by atoms with Gasteiger partial charge < -0.3 is 18.9 Å². The van der Waals surface area contributed by atoms with Gasteiger partial charge in [-0.05, 0) is 0 Å². The summed E-state index contributed by atoms with van der Waals surface area (Å²) in [5.74, 6) is -27.5. The van der Waals surface area contributed by atoms with E-state index in [0.29, 0.717) is 6.42 Å². The third-order valence-electron chi connectivity index (χ3n) is 4.60. The van der Waals surface area contributed by atoms with Crippen LogP contribution in [0.25, 0.3) is 0 Å². The van der Waals surface area contributed by atoms with Crippen molar-refractivity contribution in [3.63, 3.8) is 0 Å². The maximum Gasteiger partial charge on any atom is 1.00 e. The van der Waals surface area contributed by atoms with Crippen LogP contribution in [0.5, 0.6) is 0 Å². The number of esters is 2. The monoisotopic (exact) mass is 868 g/mol. The fourth-order valence-corrected chi connectivity index (χ4v) is 2.16. The van der Waals surface area contributed by atoms with E-state index >= 15 is 0 Å². The van der Waals surface area contributed by atoms with Crippen molar-refractivity contribution >= 4 is 22.5 Å². The van der Waals surface area contributed by atoms with Gasteiger partial charge in [0.25, 0.3) is 18.7 Å². The molecule has 0 aliphatic rings. The van der Waals surface area contributed by atoms with Crippen LogP contribution in [-0.2, 0) is 48.6 Å². The molecule has 0 saturated heterocycles. The molecule has 33 heteroatoms. The van der Waals surface area contributed by atoms with E-state index < -0.39 is 130 Å². The third kappa shape index (κ3) is 18.4.